The monoisotopic (exact) mass is 773 g/mol. The van der Waals surface area contributed by atoms with Gasteiger partial charge in [-0.05, 0) is 43.5 Å². The molecule has 1 aliphatic heterocycles. The highest BCUT2D eigenvalue weighted by atomic mass is 16.6. The van der Waals surface area contributed by atoms with Crippen LogP contribution in [0.4, 0.5) is 5.69 Å². The minimum atomic E-state index is -2.98. The maximum Gasteiger partial charge on any atom is 0.341 e. The first kappa shape index (κ1) is 39.0. The lowest BCUT2D eigenvalue weighted by atomic mass is 9.51. The van der Waals surface area contributed by atoms with Gasteiger partial charge >= 0.3 is 5.97 Å². The second-order valence-electron chi connectivity index (χ2n) is 14.6. The average molecular weight is 774 g/mol. The number of hydrogen-bond donors (Lipinski definition) is 7. The number of phenolic OH excluding ortho intramolecular Hbond substituents is 3. The molecule has 0 amide bonds. The number of aliphatic hydroxyl groups excluding tert-OH is 2. The number of carbonyl (C=O) groups is 3. The summed E-state index contributed by atoms with van der Waals surface area (Å²) in [5, 5.41) is 73.5. The minimum absolute atomic E-state index is 0.0381. The highest BCUT2D eigenvalue weighted by Gasteiger charge is 2.69. The third-order valence-corrected chi connectivity index (χ3v) is 11.6. The van der Waals surface area contributed by atoms with Crippen molar-refractivity contribution in [1.82, 2.24) is 0 Å². The number of aryl methyl sites for hydroxylation is 1. The summed E-state index contributed by atoms with van der Waals surface area (Å²) in [6.07, 6.45) is -6.65. The Morgan fingerprint density at radius 3 is 2.27 bits per heavy atom. The van der Waals surface area contributed by atoms with E-state index in [-0.39, 0.29) is 51.9 Å². The number of methoxy groups -OCH3 is 3. The van der Waals surface area contributed by atoms with Gasteiger partial charge in [-0.1, -0.05) is 36.4 Å². The average Bonchev–Trinajstić information content (AvgIpc) is 3.16. The second kappa shape index (κ2) is 14.0. The lowest BCUT2D eigenvalue weighted by Gasteiger charge is -2.52. The van der Waals surface area contributed by atoms with E-state index in [1.807, 2.05) is 6.07 Å². The Morgan fingerprint density at radius 1 is 0.946 bits per heavy atom. The highest BCUT2D eigenvalue weighted by molar-refractivity contribution is 6.26. The number of fused-ring (bicyclic) bond motifs is 5. The maximum atomic E-state index is 14.9. The number of nitrogens with one attached hydrogen (secondary N) is 1. The van der Waals surface area contributed by atoms with Gasteiger partial charge in [-0.15, -0.1) is 0 Å². The Hall–Kier alpha value is -5.29. The molecule has 3 aliphatic rings. The van der Waals surface area contributed by atoms with Crippen molar-refractivity contribution < 1.29 is 68.7 Å². The molecule has 4 aromatic rings. The summed E-state index contributed by atoms with van der Waals surface area (Å²) in [7, 11) is 3.87. The third kappa shape index (κ3) is 5.44. The van der Waals surface area contributed by atoms with Gasteiger partial charge in [0.2, 0.25) is 5.78 Å². The van der Waals surface area contributed by atoms with Crippen molar-refractivity contribution in [1.29, 1.82) is 0 Å². The number of anilines is 1. The standard InChI is InChI=1S/C41H43NO14/c1-17-12-20-13-25(43)40(3)37(49)28-22(36(48)41(40,51)29(20)32(46)26(17)39(50)54-6)14-21-27(31(28)45)24(55-16-19-10-8-7-9-11-19)15-23(30(21)44)42-38-35(53-5)33(47)34(52-4)18(2)56-38/h7-12,14-15,18,25,33-35,38,42-47,51H,13,16H2,1-6H3/t18-,25+,33+,34-,35+,38?,40-,41-/m0/s1. The van der Waals surface area contributed by atoms with Crippen LogP contribution < -0.4 is 10.1 Å². The molecule has 7 N–H and O–H groups in total. The lowest BCUT2D eigenvalue weighted by Crippen LogP contribution is -2.65. The number of esters is 1. The molecule has 8 atom stereocenters. The Labute approximate surface area is 321 Å². The molecule has 15 heteroatoms. The summed E-state index contributed by atoms with van der Waals surface area (Å²) in [5.41, 5.74) is -6.27. The number of rotatable bonds is 8. The van der Waals surface area contributed by atoms with Gasteiger partial charge in [0.1, 0.15) is 53.5 Å². The zero-order chi connectivity index (χ0) is 40.6. The van der Waals surface area contributed by atoms with E-state index in [1.54, 1.807) is 31.2 Å². The summed E-state index contributed by atoms with van der Waals surface area (Å²) in [4.78, 5) is 42.4. The Kier molecular flexibility index (Phi) is 9.76. The summed E-state index contributed by atoms with van der Waals surface area (Å²) < 4.78 is 28.1. The molecule has 4 aromatic carbocycles. The zero-order valence-electron chi connectivity index (χ0n) is 31.4. The van der Waals surface area contributed by atoms with Crippen molar-refractivity contribution in [2.24, 2.45) is 5.41 Å². The third-order valence-electron chi connectivity index (χ3n) is 11.6. The molecular weight excluding hydrogens is 730 g/mol. The Bertz CT molecular complexity index is 2280. The molecule has 2 aliphatic carbocycles. The van der Waals surface area contributed by atoms with E-state index >= 15 is 0 Å². The van der Waals surface area contributed by atoms with Crippen LogP contribution in [-0.2, 0) is 37.6 Å². The molecule has 1 heterocycles. The normalized spacial score (nSPS) is 28.3. The van der Waals surface area contributed by atoms with Crippen LogP contribution in [0.1, 0.15) is 67.2 Å². The maximum absolute atomic E-state index is 14.9. The van der Waals surface area contributed by atoms with Gasteiger partial charge in [-0.25, -0.2) is 4.79 Å². The fraction of sp³-hybridized carbons (Fsp3) is 0.390. The van der Waals surface area contributed by atoms with Gasteiger partial charge in [0.15, 0.2) is 17.6 Å². The van der Waals surface area contributed by atoms with Crippen LogP contribution in [0, 0.1) is 12.3 Å². The van der Waals surface area contributed by atoms with Crippen LogP contribution >= 0.6 is 0 Å². The van der Waals surface area contributed by atoms with Crippen molar-refractivity contribution in [3.63, 3.8) is 0 Å². The molecular formula is C41H43NO14. The summed E-state index contributed by atoms with van der Waals surface area (Å²) in [5.74, 6) is -5.39. The van der Waals surface area contributed by atoms with Crippen molar-refractivity contribution >= 4 is 34.0 Å². The van der Waals surface area contributed by atoms with Gasteiger partial charge < -0.3 is 59.6 Å². The molecule has 1 fully saturated rings. The van der Waals surface area contributed by atoms with Crippen LogP contribution in [0.25, 0.3) is 10.8 Å². The summed E-state index contributed by atoms with van der Waals surface area (Å²) in [6.45, 7) is 4.30. The lowest BCUT2D eigenvalue weighted by molar-refractivity contribution is -0.223. The summed E-state index contributed by atoms with van der Waals surface area (Å²) >= 11 is 0. The van der Waals surface area contributed by atoms with Crippen LogP contribution in [0.3, 0.4) is 0 Å². The quantitative estimate of drug-likeness (QED) is 0.101. The van der Waals surface area contributed by atoms with E-state index in [4.69, 9.17) is 23.7 Å². The zero-order valence-corrected chi connectivity index (χ0v) is 31.4. The number of aliphatic hydroxyl groups is 3. The minimum Gasteiger partial charge on any atom is -0.507 e. The predicted octanol–water partition coefficient (Wildman–Crippen LogP) is 3.37. The van der Waals surface area contributed by atoms with Gasteiger partial charge in [0, 0.05) is 43.2 Å². The van der Waals surface area contributed by atoms with Gasteiger partial charge in [0.25, 0.3) is 0 Å². The van der Waals surface area contributed by atoms with Gasteiger partial charge in [-0.2, -0.15) is 0 Å². The van der Waals surface area contributed by atoms with E-state index in [2.05, 4.69) is 5.32 Å². The molecule has 296 valence electrons. The molecule has 0 aromatic heterocycles. The van der Waals surface area contributed by atoms with E-state index in [0.717, 1.165) is 25.7 Å². The number of aromatic hydroxyl groups is 3. The Morgan fingerprint density at radius 2 is 1.62 bits per heavy atom. The van der Waals surface area contributed by atoms with Crippen molar-refractivity contribution in [3.05, 3.63) is 87.5 Å². The highest BCUT2D eigenvalue weighted by Crippen LogP contribution is 2.60. The fourth-order valence-corrected chi connectivity index (χ4v) is 8.61. The molecule has 1 unspecified atom stereocenters. The number of benzene rings is 4. The van der Waals surface area contributed by atoms with Crippen molar-refractivity contribution in [3.8, 4) is 23.0 Å². The van der Waals surface area contributed by atoms with Crippen molar-refractivity contribution in [2.45, 2.75) is 76.1 Å². The number of carbonyl (C=O) groups excluding carboxylic acids is 3. The van der Waals surface area contributed by atoms with Gasteiger partial charge in [-0.3, -0.25) is 9.59 Å². The molecule has 0 spiro atoms. The molecule has 15 nitrogen and oxygen atoms in total. The predicted molar refractivity (Wildman–Crippen MR) is 198 cm³/mol. The van der Waals surface area contributed by atoms with E-state index in [0.29, 0.717) is 0 Å². The molecule has 7 rings (SSSR count). The number of ether oxygens (including phenoxy) is 5. The largest absolute Gasteiger partial charge is 0.507 e. The van der Waals surface area contributed by atoms with Crippen LogP contribution in [0.5, 0.6) is 23.0 Å². The molecule has 0 bridgehead atoms. The number of ketones is 2. The van der Waals surface area contributed by atoms with E-state index in [9.17, 15) is 45.0 Å². The van der Waals surface area contributed by atoms with Gasteiger partial charge in [0.05, 0.1) is 41.4 Å². The van der Waals surface area contributed by atoms with Crippen molar-refractivity contribution in [2.75, 3.05) is 26.6 Å². The first-order valence-electron chi connectivity index (χ1n) is 17.9. The SMILES string of the molecule is COC(=O)c1c(C)cc2c(c1O)[C@]1(O)C(=O)c3cc4c(O)c(NC5O[C@@H](C)[C@H](OC)[C@@H](O)[C@H]5OC)cc(OCc5ccccc5)c4c(O)c3C(=O)[C@]1(C)[C@H](O)C2. The van der Waals surface area contributed by atoms with Crippen LogP contribution in [-0.4, -0.2) is 106 Å². The first-order chi connectivity index (χ1) is 26.6. The van der Waals surface area contributed by atoms with Crippen LogP contribution in [0.15, 0.2) is 48.5 Å². The molecule has 0 saturated carbocycles. The Balaban J connectivity index is 1.45. The first-order valence-corrected chi connectivity index (χ1v) is 17.9. The van der Waals surface area contributed by atoms with E-state index < -0.39 is 99.2 Å². The van der Waals surface area contributed by atoms with E-state index in [1.165, 1.54) is 33.3 Å². The number of hydrogen-bond acceptors (Lipinski definition) is 15. The van der Waals surface area contributed by atoms with Crippen LogP contribution in [0.2, 0.25) is 0 Å². The fourth-order valence-electron chi connectivity index (χ4n) is 8.61. The summed E-state index contributed by atoms with van der Waals surface area (Å²) in [6, 6.07) is 12.9. The molecule has 56 heavy (non-hydrogen) atoms. The second-order valence-corrected chi connectivity index (χ2v) is 14.6. The molecule has 1 saturated heterocycles. The number of phenols is 3. The smallest absolute Gasteiger partial charge is 0.341 e. The topological polar surface area (TPSA) is 231 Å². The number of Topliss-reactive ketones (excluding diaryl/α,β-unsaturated/α-hetero) is 2. The molecule has 0 radical (unpaired) electrons.